The van der Waals surface area contributed by atoms with E-state index in [1.165, 1.54) is 6.33 Å². The van der Waals surface area contributed by atoms with Gasteiger partial charge in [0.1, 0.15) is 12.1 Å². The van der Waals surface area contributed by atoms with Crippen molar-refractivity contribution >= 4 is 5.82 Å². The van der Waals surface area contributed by atoms with Crippen LogP contribution in [0.25, 0.3) is 0 Å². The van der Waals surface area contributed by atoms with E-state index >= 15 is 0 Å². The van der Waals surface area contributed by atoms with Gasteiger partial charge < -0.3 is 10.4 Å². The number of nitrogens with zero attached hydrogens (tertiary/aromatic N) is 2. The van der Waals surface area contributed by atoms with Crippen LogP contribution in [0.3, 0.4) is 0 Å². The maximum atomic E-state index is 9.01. The smallest absolute Gasteiger partial charge is 0.129 e. The lowest BCUT2D eigenvalue weighted by Crippen LogP contribution is -2.25. The first-order chi connectivity index (χ1) is 5.85. The Hall–Kier alpha value is -1.16. The molecule has 0 aliphatic heterocycles. The Morgan fingerprint density at radius 1 is 1.58 bits per heavy atom. The summed E-state index contributed by atoms with van der Waals surface area (Å²) < 4.78 is 0. The molecule has 4 heteroatoms. The average Bonchev–Trinajstić information content (AvgIpc) is 2.88. The molecule has 1 heterocycles. The van der Waals surface area contributed by atoms with Crippen molar-refractivity contribution in [1.29, 1.82) is 0 Å². The van der Waals surface area contributed by atoms with E-state index < -0.39 is 0 Å². The number of hydrogen-bond acceptors (Lipinski definition) is 4. The van der Waals surface area contributed by atoms with E-state index in [2.05, 4.69) is 15.3 Å². The molecule has 0 saturated heterocycles. The second-order valence-corrected chi connectivity index (χ2v) is 3.16. The third kappa shape index (κ3) is 1.38. The molecule has 1 aromatic rings. The number of aliphatic hydroxyl groups is 1. The van der Waals surface area contributed by atoms with Gasteiger partial charge in [0.15, 0.2) is 0 Å². The van der Waals surface area contributed by atoms with E-state index in [-0.39, 0.29) is 12.1 Å². The van der Waals surface area contributed by atoms with Crippen LogP contribution < -0.4 is 5.32 Å². The molecule has 1 aromatic heterocycles. The Morgan fingerprint density at radius 3 is 2.92 bits per heavy atom. The number of rotatable bonds is 3. The molecular weight excluding hydrogens is 154 g/mol. The number of aliphatic hydroxyl groups excluding tert-OH is 1. The molecule has 2 N–H and O–H groups in total. The fourth-order valence-corrected chi connectivity index (χ4v) is 1.11. The van der Waals surface area contributed by atoms with Crippen LogP contribution in [-0.4, -0.2) is 27.2 Å². The van der Waals surface area contributed by atoms with Gasteiger partial charge in [-0.2, -0.15) is 0 Å². The van der Waals surface area contributed by atoms with Crippen molar-refractivity contribution in [2.24, 2.45) is 0 Å². The van der Waals surface area contributed by atoms with Crippen LogP contribution in [0.4, 0.5) is 5.82 Å². The highest BCUT2D eigenvalue weighted by atomic mass is 16.3. The normalized spacial score (nSPS) is 18.8. The molecule has 12 heavy (non-hydrogen) atoms. The fraction of sp³-hybridized carbons (Fsp3) is 0.500. The second kappa shape index (κ2) is 2.71. The van der Waals surface area contributed by atoms with E-state index in [4.69, 9.17) is 5.11 Å². The minimum Gasteiger partial charge on any atom is -0.394 e. The van der Waals surface area contributed by atoms with Crippen LogP contribution in [0.5, 0.6) is 0 Å². The molecule has 0 radical (unpaired) electrons. The zero-order chi connectivity index (χ0) is 8.44. The summed E-state index contributed by atoms with van der Waals surface area (Å²) in [6, 6.07) is 1.80. The largest absolute Gasteiger partial charge is 0.394 e. The first kappa shape index (κ1) is 7.49. The Morgan fingerprint density at radius 2 is 2.42 bits per heavy atom. The second-order valence-electron chi connectivity index (χ2n) is 3.16. The van der Waals surface area contributed by atoms with Gasteiger partial charge in [0.2, 0.25) is 0 Å². The quantitative estimate of drug-likeness (QED) is 0.681. The first-order valence-corrected chi connectivity index (χ1v) is 4.00. The van der Waals surface area contributed by atoms with Crippen molar-refractivity contribution < 1.29 is 5.11 Å². The maximum absolute atomic E-state index is 9.01. The minimum absolute atomic E-state index is 0.0889. The van der Waals surface area contributed by atoms with Crippen LogP contribution in [0.2, 0.25) is 0 Å². The van der Waals surface area contributed by atoms with Crippen molar-refractivity contribution in [3.63, 3.8) is 0 Å². The molecule has 2 rings (SSSR count). The van der Waals surface area contributed by atoms with Gasteiger partial charge in [-0.1, -0.05) is 0 Å². The van der Waals surface area contributed by atoms with Gasteiger partial charge in [-0.15, -0.1) is 0 Å². The topological polar surface area (TPSA) is 58.0 Å². The Kier molecular flexibility index (Phi) is 1.69. The van der Waals surface area contributed by atoms with E-state index in [1.54, 1.807) is 12.3 Å². The maximum Gasteiger partial charge on any atom is 0.129 e. The average molecular weight is 165 g/mol. The predicted molar refractivity (Wildman–Crippen MR) is 44.7 cm³/mol. The molecule has 1 fully saturated rings. The summed E-state index contributed by atoms with van der Waals surface area (Å²) in [5, 5.41) is 12.2. The summed E-state index contributed by atoms with van der Waals surface area (Å²) in [6.07, 6.45) is 5.22. The van der Waals surface area contributed by atoms with Gasteiger partial charge in [-0.05, 0) is 18.9 Å². The standard InChI is InChI=1S/C8H11N3O/c12-5-8(2-3-8)11-7-1-4-9-6-10-7/h1,4,6,12H,2-3,5H2,(H,9,10,11). The van der Waals surface area contributed by atoms with Gasteiger partial charge >= 0.3 is 0 Å². The van der Waals surface area contributed by atoms with Crippen molar-refractivity contribution in [3.8, 4) is 0 Å². The highest BCUT2D eigenvalue weighted by Crippen LogP contribution is 2.37. The van der Waals surface area contributed by atoms with Crippen molar-refractivity contribution in [1.82, 2.24) is 9.97 Å². The van der Waals surface area contributed by atoms with Crippen LogP contribution in [0.15, 0.2) is 18.6 Å². The summed E-state index contributed by atoms with van der Waals surface area (Å²) in [5.74, 6) is 0.788. The Labute approximate surface area is 70.7 Å². The van der Waals surface area contributed by atoms with E-state index in [9.17, 15) is 0 Å². The fourth-order valence-electron chi connectivity index (χ4n) is 1.11. The molecule has 0 unspecified atom stereocenters. The van der Waals surface area contributed by atoms with E-state index in [1.807, 2.05) is 0 Å². The third-order valence-electron chi connectivity index (χ3n) is 2.13. The Bertz CT molecular complexity index is 258. The van der Waals surface area contributed by atoms with Crippen LogP contribution >= 0.6 is 0 Å². The van der Waals surface area contributed by atoms with Gasteiger partial charge in [0.05, 0.1) is 12.1 Å². The summed E-state index contributed by atoms with van der Waals surface area (Å²) in [4.78, 5) is 7.83. The van der Waals surface area contributed by atoms with Crippen LogP contribution in [-0.2, 0) is 0 Å². The molecule has 0 aromatic carbocycles. The van der Waals surface area contributed by atoms with Gasteiger partial charge in [0.25, 0.3) is 0 Å². The number of nitrogens with one attached hydrogen (secondary N) is 1. The van der Waals surface area contributed by atoms with Crippen molar-refractivity contribution in [2.75, 3.05) is 11.9 Å². The van der Waals surface area contributed by atoms with Gasteiger partial charge in [-0.3, -0.25) is 0 Å². The molecule has 64 valence electrons. The van der Waals surface area contributed by atoms with Gasteiger partial charge in [0, 0.05) is 6.20 Å². The highest BCUT2D eigenvalue weighted by molar-refractivity contribution is 5.38. The molecule has 0 bridgehead atoms. The van der Waals surface area contributed by atoms with E-state index in [0.717, 1.165) is 18.7 Å². The van der Waals surface area contributed by atoms with Crippen LogP contribution in [0.1, 0.15) is 12.8 Å². The SMILES string of the molecule is OCC1(Nc2ccncn2)CC1. The lowest BCUT2D eigenvalue weighted by atomic mass is 10.3. The molecule has 0 spiro atoms. The molecule has 1 saturated carbocycles. The van der Waals surface area contributed by atoms with E-state index in [0.29, 0.717) is 0 Å². The molecule has 0 amide bonds. The first-order valence-electron chi connectivity index (χ1n) is 4.00. The molecule has 1 aliphatic rings. The minimum atomic E-state index is -0.0889. The number of anilines is 1. The monoisotopic (exact) mass is 165 g/mol. The summed E-state index contributed by atoms with van der Waals surface area (Å²) in [5.41, 5.74) is -0.0889. The lowest BCUT2D eigenvalue weighted by molar-refractivity contribution is 0.266. The van der Waals surface area contributed by atoms with Crippen LogP contribution in [0, 0.1) is 0 Å². The summed E-state index contributed by atoms with van der Waals surface area (Å²) in [6.45, 7) is 0.178. The lowest BCUT2D eigenvalue weighted by Gasteiger charge is -2.13. The number of aromatic nitrogens is 2. The number of hydrogen-bond donors (Lipinski definition) is 2. The molecule has 1 aliphatic carbocycles. The van der Waals surface area contributed by atoms with Crippen molar-refractivity contribution in [3.05, 3.63) is 18.6 Å². The zero-order valence-electron chi connectivity index (χ0n) is 6.70. The van der Waals surface area contributed by atoms with Crippen molar-refractivity contribution in [2.45, 2.75) is 18.4 Å². The Balaban J connectivity index is 2.04. The molecular formula is C8H11N3O. The zero-order valence-corrected chi connectivity index (χ0v) is 6.70. The van der Waals surface area contributed by atoms with Gasteiger partial charge in [-0.25, -0.2) is 9.97 Å². The summed E-state index contributed by atoms with van der Waals surface area (Å²) in [7, 11) is 0. The molecule has 0 atom stereocenters. The summed E-state index contributed by atoms with van der Waals surface area (Å²) >= 11 is 0. The molecule has 4 nitrogen and oxygen atoms in total. The third-order valence-corrected chi connectivity index (χ3v) is 2.13. The predicted octanol–water partition coefficient (Wildman–Crippen LogP) is 0.413. The highest BCUT2D eigenvalue weighted by Gasteiger charge is 2.42.